The van der Waals surface area contributed by atoms with Gasteiger partial charge in [-0.15, -0.1) is 33.3 Å². The fraction of sp³-hybridized carbons (Fsp3) is 0.195. The summed E-state index contributed by atoms with van der Waals surface area (Å²) in [6.45, 7) is 8.03. The average molecular weight is 712 g/mol. The first-order chi connectivity index (χ1) is 24.7. The summed E-state index contributed by atoms with van der Waals surface area (Å²) in [5.41, 5.74) is 8.62. The van der Waals surface area contributed by atoms with Crippen LogP contribution in [0, 0.1) is 20.8 Å². The number of hydrogen-bond donors (Lipinski definition) is 2. The lowest BCUT2D eigenvalue weighted by atomic mass is 9.96. The van der Waals surface area contributed by atoms with Crippen molar-refractivity contribution in [1.29, 1.82) is 0 Å². The normalized spacial score (nSPS) is 14.2. The van der Waals surface area contributed by atoms with Crippen LogP contribution in [0.4, 0.5) is 0 Å². The molecule has 0 bridgehead atoms. The Bertz CT molecular complexity index is 2240. The van der Waals surface area contributed by atoms with Crippen molar-refractivity contribution in [1.82, 2.24) is 20.1 Å². The van der Waals surface area contributed by atoms with Gasteiger partial charge in [0.15, 0.2) is 5.82 Å². The van der Waals surface area contributed by atoms with E-state index >= 15 is 0 Å². The van der Waals surface area contributed by atoms with Gasteiger partial charge in [-0.1, -0.05) is 78.9 Å². The van der Waals surface area contributed by atoms with Gasteiger partial charge in [0.1, 0.15) is 16.9 Å². The summed E-state index contributed by atoms with van der Waals surface area (Å²) in [6.07, 6.45) is -0.188. The molecule has 6 aromatic rings. The molecule has 2 atom stereocenters. The molecule has 51 heavy (non-hydrogen) atoms. The molecule has 4 aromatic carbocycles. The average Bonchev–Trinajstić information content (AvgIpc) is 3.62. The van der Waals surface area contributed by atoms with Crippen molar-refractivity contribution in [2.24, 2.45) is 4.99 Å². The summed E-state index contributed by atoms with van der Waals surface area (Å²) in [6, 6.07) is 33.7. The molecule has 1 aliphatic heterocycles. The van der Waals surface area contributed by atoms with E-state index in [1.165, 1.54) is 10.5 Å². The Balaban J connectivity index is 1.05. The van der Waals surface area contributed by atoms with Crippen molar-refractivity contribution in [2.75, 3.05) is 0 Å². The summed E-state index contributed by atoms with van der Waals surface area (Å²) in [4.78, 5) is 32.4. The van der Waals surface area contributed by atoms with Crippen LogP contribution in [0.2, 0.25) is 0 Å². The minimum atomic E-state index is -0.946. The van der Waals surface area contributed by atoms with Crippen LogP contribution in [0.1, 0.15) is 80.1 Å². The number of rotatable bonds is 10. The molecule has 0 saturated heterocycles. The van der Waals surface area contributed by atoms with Gasteiger partial charge in [-0.05, 0) is 79.8 Å². The molecular formula is C41H37N5O3S2. The molecule has 2 N–H and O–H groups in total. The molecule has 0 aliphatic carbocycles. The highest BCUT2D eigenvalue weighted by atomic mass is 32.2. The molecule has 1 amide bonds. The number of aliphatic imine (C=N–C) groups is 1. The van der Waals surface area contributed by atoms with Crippen LogP contribution in [-0.2, 0) is 10.5 Å². The zero-order valence-electron chi connectivity index (χ0n) is 28.8. The number of hydrogen-bond acceptors (Lipinski definition) is 7. The Hall–Kier alpha value is -5.32. The van der Waals surface area contributed by atoms with Crippen molar-refractivity contribution in [3.05, 3.63) is 153 Å². The molecule has 10 heteroatoms. The molecule has 0 saturated carbocycles. The van der Waals surface area contributed by atoms with Gasteiger partial charge in [0.2, 0.25) is 0 Å². The number of benzene rings is 4. The number of aryl methyl sites for hydroxylation is 2. The first-order valence-corrected chi connectivity index (χ1v) is 18.6. The number of nitrogens with zero attached hydrogens (tertiary/aromatic N) is 4. The van der Waals surface area contributed by atoms with Gasteiger partial charge in [0, 0.05) is 32.2 Å². The van der Waals surface area contributed by atoms with Gasteiger partial charge in [0.25, 0.3) is 5.91 Å². The number of amides is 1. The zero-order valence-corrected chi connectivity index (χ0v) is 30.4. The highest BCUT2D eigenvalue weighted by Gasteiger charge is 2.32. The number of thiophene rings is 1. The van der Waals surface area contributed by atoms with Gasteiger partial charge in [-0.25, -0.2) is 0 Å². The first kappa shape index (κ1) is 34.1. The topological polar surface area (TPSA) is 109 Å². The Labute approximate surface area is 305 Å². The fourth-order valence-corrected chi connectivity index (χ4v) is 8.35. The summed E-state index contributed by atoms with van der Waals surface area (Å²) < 4.78 is 1.96. The largest absolute Gasteiger partial charge is 0.481 e. The van der Waals surface area contributed by atoms with Crippen molar-refractivity contribution in [3.63, 3.8) is 0 Å². The Kier molecular flexibility index (Phi) is 9.71. The Morgan fingerprint density at radius 1 is 0.863 bits per heavy atom. The van der Waals surface area contributed by atoms with Gasteiger partial charge in [-0.2, -0.15) is 0 Å². The van der Waals surface area contributed by atoms with Crippen molar-refractivity contribution in [3.8, 4) is 16.1 Å². The van der Waals surface area contributed by atoms with E-state index in [1.807, 2.05) is 73.0 Å². The molecule has 0 spiro atoms. The number of nitrogens with one attached hydrogen (secondary N) is 1. The summed E-state index contributed by atoms with van der Waals surface area (Å²) in [7, 11) is 0. The summed E-state index contributed by atoms with van der Waals surface area (Å²) in [5.74, 6) is 1.07. The zero-order chi connectivity index (χ0) is 35.6. The number of carbonyl (C=O) groups is 2. The lowest BCUT2D eigenvalue weighted by molar-refractivity contribution is -0.137. The van der Waals surface area contributed by atoms with Crippen LogP contribution in [0.3, 0.4) is 0 Å². The van der Waals surface area contributed by atoms with E-state index in [9.17, 15) is 14.7 Å². The van der Waals surface area contributed by atoms with Crippen LogP contribution in [0.25, 0.3) is 16.1 Å². The monoisotopic (exact) mass is 711 g/mol. The van der Waals surface area contributed by atoms with E-state index in [1.54, 1.807) is 23.1 Å². The van der Waals surface area contributed by atoms with Gasteiger partial charge in [-0.3, -0.25) is 19.1 Å². The second-order valence-corrected chi connectivity index (χ2v) is 14.9. The lowest BCUT2D eigenvalue weighted by Crippen LogP contribution is -2.26. The number of carbonyl (C=O) groups excluding carboxylic acids is 1. The quantitative estimate of drug-likeness (QED) is 0.137. The lowest BCUT2D eigenvalue weighted by Gasteiger charge is -2.15. The third kappa shape index (κ3) is 7.15. The highest BCUT2D eigenvalue weighted by molar-refractivity contribution is 7.98. The third-order valence-corrected chi connectivity index (χ3v) is 11.5. The van der Waals surface area contributed by atoms with Crippen molar-refractivity contribution in [2.45, 2.75) is 56.8 Å². The van der Waals surface area contributed by atoms with Gasteiger partial charge >= 0.3 is 5.97 Å². The smallest absolute Gasteiger partial charge is 0.306 e. The second-order valence-electron chi connectivity index (χ2n) is 12.7. The maximum atomic E-state index is 13.2. The predicted octanol–water partition coefficient (Wildman–Crippen LogP) is 9.07. The van der Waals surface area contributed by atoms with E-state index in [2.05, 4.69) is 77.9 Å². The molecular weight excluding hydrogens is 675 g/mol. The van der Waals surface area contributed by atoms with E-state index in [-0.39, 0.29) is 18.4 Å². The number of fused-ring (bicyclic) bond motifs is 3. The highest BCUT2D eigenvalue weighted by Crippen LogP contribution is 2.39. The number of aromatic nitrogens is 3. The molecule has 256 valence electrons. The van der Waals surface area contributed by atoms with Crippen LogP contribution in [0.15, 0.2) is 113 Å². The van der Waals surface area contributed by atoms with E-state index in [0.717, 1.165) is 54.7 Å². The molecule has 0 radical (unpaired) electrons. The van der Waals surface area contributed by atoms with E-state index < -0.39 is 12.0 Å². The number of thioether (sulfide) groups is 1. The summed E-state index contributed by atoms with van der Waals surface area (Å²) >= 11 is 3.43. The van der Waals surface area contributed by atoms with Crippen molar-refractivity contribution >= 4 is 40.7 Å². The predicted molar refractivity (Wildman–Crippen MR) is 204 cm³/mol. The van der Waals surface area contributed by atoms with Gasteiger partial charge in [0.05, 0.1) is 18.2 Å². The molecule has 1 unspecified atom stereocenters. The Morgan fingerprint density at radius 3 is 2.18 bits per heavy atom. The fourth-order valence-electron chi connectivity index (χ4n) is 6.28. The molecule has 3 heterocycles. The van der Waals surface area contributed by atoms with Crippen LogP contribution >= 0.6 is 23.1 Å². The second kappa shape index (κ2) is 14.5. The molecule has 2 aromatic heterocycles. The van der Waals surface area contributed by atoms with E-state index in [0.29, 0.717) is 17.2 Å². The summed E-state index contributed by atoms with van der Waals surface area (Å²) in [5, 5.41) is 22.4. The molecule has 7 rings (SSSR count). The van der Waals surface area contributed by atoms with Crippen LogP contribution in [0.5, 0.6) is 0 Å². The minimum absolute atomic E-state index is 0.128. The number of carboxylic acids is 1. The molecule has 8 nitrogen and oxygen atoms in total. The SMILES string of the molecule is Cc1sc2c(c1C)C(c1ccc(-c3ccc(C(=O)NC(C)c4ccc(SCc5ccccc5)cc4)cc3)cc1)=N[C@@H](CC(=O)O)c1nnc(C)n1-2. The standard InChI is InChI=1S/C41H37N5O3S2/c1-24-26(3)51-41-37(24)38(43-35(22-36(47)48)39-45-44-27(4)46(39)41)32-14-10-30(11-15-32)31-12-16-33(17-13-31)40(49)42-25(2)29-18-20-34(21-19-29)50-23-28-8-6-5-7-9-28/h5-21,25,35H,22-23H2,1-4H3,(H,42,49)(H,47,48)/t25?,35-/m0/s1. The maximum Gasteiger partial charge on any atom is 0.306 e. The third-order valence-electron chi connectivity index (χ3n) is 9.22. The van der Waals surface area contributed by atoms with Crippen LogP contribution in [-0.4, -0.2) is 37.5 Å². The Morgan fingerprint density at radius 2 is 1.51 bits per heavy atom. The molecule has 0 fully saturated rings. The van der Waals surface area contributed by atoms with Crippen LogP contribution < -0.4 is 5.32 Å². The van der Waals surface area contributed by atoms with Gasteiger partial charge < -0.3 is 10.4 Å². The molecule has 1 aliphatic rings. The van der Waals surface area contributed by atoms with Crippen molar-refractivity contribution < 1.29 is 14.7 Å². The van der Waals surface area contributed by atoms with E-state index in [4.69, 9.17) is 4.99 Å². The minimum Gasteiger partial charge on any atom is -0.481 e. The number of carboxylic acid groups (broad SMARTS) is 1. The first-order valence-electron chi connectivity index (χ1n) is 16.8. The number of aliphatic carboxylic acids is 1. The maximum absolute atomic E-state index is 13.2.